The van der Waals surface area contributed by atoms with Gasteiger partial charge in [-0.05, 0) is 37.1 Å². The number of carbonyl (C=O) groups excluding carboxylic acids is 2. The molecule has 132 valence electrons. The van der Waals surface area contributed by atoms with Crippen LogP contribution in [0.2, 0.25) is 5.02 Å². The first-order valence-corrected chi connectivity index (χ1v) is 8.82. The molecule has 0 spiro atoms. The summed E-state index contributed by atoms with van der Waals surface area (Å²) in [7, 11) is 0. The summed E-state index contributed by atoms with van der Waals surface area (Å²) in [6.45, 7) is 10.4. The third kappa shape index (κ3) is 5.21. The van der Waals surface area contributed by atoms with Crippen LogP contribution in [-0.2, 0) is 4.79 Å². The summed E-state index contributed by atoms with van der Waals surface area (Å²) in [5.74, 6) is 0.345. The van der Waals surface area contributed by atoms with Gasteiger partial charge in [0.05, 0.1) is 0 Å². The molecule has 6 heteroatoms. The van der Waals surface area contributed by atoms with Crippen molar-refractivity contribution in [3.8, 4) is 0 Å². The van der Waals surface area contributed by atoms with Gasteiger partial charge in [-0.15, -0.1) is 0 Å². The topological polar surface area (TPSA) is 52.6 Å². The predicted molar refractivity (Wildman–Crippen MR) is 96.2 cm³/mol. The molecule has 1 unspecified atom stereocenters. The van der Waals surface area contributed by atoms with E-state index in [4.69, 9.17) is 11.6 Å². The molecular formula is C18H26ClN3O2. The highest BCUT2D eigenvalue weighted by Gasteiger charge is 2.26. The molecule has 1 fully saturated rings. The molecule has 1 heterocycles. The van der Waals surface area contributed by atoms with Gasteiger partial charge in [0.1, 0.15) is 6.04 Å². The van der Waals surface area contributed by atoms with E-state index in [0.717, 1.165) is 19.6 Å². The lowest BCUT2D eigenvalue weighted by Gasteiger charge is -2.36. The van der Waals surface area contributed by atoms with Crippen LogP contribution in [0.1, 0.15) is 31.1 Å². The first kappa shape index (κ1) is 18.7. The number of carbonyl (C=O) groups is 2. The minimum Gasteiger partial charge on any atom is -0.341 e. The third-order valence-corrected chi connectivity index (χ3v) is 4.38. The fourth-order valence-electron chi connectivity index (χ4n) is 2.88. The molecule has 1 aliphatic rings. The Labute approximate surface area is 149 Å². The van der Waals surface area contributed by atoms with Crippen molar-refractivity contribution in [2.24, 2.45) is 5.92 Å². The van der Waals surface area contributed by atoms with Crippen LogP contribution in [0.3, 0.4) is 0 Å². The number of amides is 2. The Bertz CT molecular complexity index is 566. The van der Waals surface area contributed by atoms with E-state index in [1.54, 1.807) is 31.2 Å². The summed E-state index contributed by atoms with van der Waals surface area (Å²) in [5, 5.41) is 3.35. The van der Waals surface area contributed by atoms with E-state index >= 15 is 0 Å². The fraction of sp³-hybridized carbons (Fsp3) is 0.556. The van der Waals surface area contributed by atoms with E-state index in [1.165, 1.54) is 0 Å². The lowest BCUT2D eigenvalue weighted by molar-refractivity contribution is -0.134. The van der Waals surface area contributed by atoms with Crippen LogP contribution in [0, 0.1) is 5.92 Å². The molecule has 24 heavy (non-hydrogen) atoms. The van der Waals surface area contributed by atoms with Crippen molar-refractivity contribution in [2.75, 3.05) is 32.7 Å². The molecule has 1 atom stereocenters. The molecule has 5 nitrogen and oxygen atoms in total. The van der Waals surface area contributed by atoms with Crippen LogP contribution in [-0.4, -0.2) is 60.4 Å². The SMILES string of the molecule is CC(C)CN1CCN(C(=O)C(C)NC(=O)c2ccc(Cl)cc2)CC1. The Morgan fingerprint density at radius 3 is 2.21 bits per heavy atom. The predicted octanol–water partition coefficient (Wildman–Crippen LogP) is 2.26. The largest absolute Gasteiger partial charge is 0.341 e. The zero-order valence-electron chi connectivity index (χ0n) is 14.6. The number of hydrogen-bond acceptors (Lipinski definition) is 3. The summed E-state index contributed by atoms with van der Waals surface area (Å²) >= 11 is 5.82. The average Bonchev–Trinajstić information content (AvgIpc) is 2.54. The maximum atomic E-state index is 12.5. The lowest BCUT2D eigenvalue weighted by Crippen LogP contribution is -2.54. The Kier molecular flexibility index (Phi) is 6.63. The minimum atomic E-state index is -0.537. The molecule has 0 saturated carbocycles. The molecule has 2 amide bonds. The molecule has 1 aromatic carbocycles. The van der Waals surface area contributed by atoms with E-state index in [1.807, 2.05) is 4.90 Å². The zero-order chi connectivity index (χ0) is 17.7. The Balaban J connectivity index is 1.84. The minimum absolute atomic E-state index is 0.0264. The molecule has 1 saturated heterocycles. The average molecular weight is 352 g/mol. The van der Waals surface area contributed by atoms with Gasteiger partial charge in [-0.25, -0.2) is 0 Å². The molecule has 0 aliphatic carbocycles. The molecule has 0 aromatic heterocycles. The maximum absolute atomic E-state index is 12.5. The van der Waals surface area contributed by atoms with E-state index in [2.05, 4.69) is 24.1 Å². The van der Waals surface area contributed by atoms with Gasteiger partial charge in [0.15, 0.2) is 0 Å². The smallest absolute Gasteiger partial charge is 0.251 e. The normalized spacial score (nSPS) is 17.0. The standard InChI is InChI=1S/C18H26ClN3O2/c1-13(2)12-21-8-10-22(11-9-21)18(24)14(3)20-17(23)15-4-6-16(19)7-5-15/h4-7,13-14H,8-12H2,1-3H3,(H,20,23). The van der Waals surface area contributed by atoms with Crippen molar-refractivity contribution in [3.05, 3.63) is 34.9 Å². The number of nitrogens with one attached hydrogen (secondary N) is 1. The van der Waals surface area contributed by atoms with Crippen LogP contribution >= 0.6 is 11.6 Å². The molecule has 1 aliphatic heterocycles. The van der Waals surface area contributed by atoms with E-state index in [0.29, 0.717) is 29.6 Å². The number of rotatable bonds is 5. The summed E-state index contributed by atoms with van der Waals surface area (Å²) in [6.07, 6.45) is 0. The van der Waals surface area contributed by atoms with Crippen molar-refractivity contribution in [1.82, 2.24) is 15.1 Å². The third-order valence-electron chi connectivity index (χ3n) is 4.13. The fourth-order valence-corrected chi connectivity index (χ4v) is 3.01. The van der Waals surface area contributed by atoms with Gasteiger partial charge < -0.3 is 10.2 Å². The quantitative estimate of drug-likeness (QED) is 0.885. The van der Waals surface area contributed by atoms with Crippen LogP contribution in [0.25, 0.3) is 0 Å². The Morgan fingerprint density at radius 1 is 1.08 bits per heavy atom. The van der Waals surface area contributed by atoms with Gasteiger partial charge in [0.2, 0.25) is 5.91 Å². The summed E-state index contributed by atoms with van der Waals surface area (Å²) in [6, 6.07) is 6.09. The number of nitrogens with zero attached hydrogens (tertiary/aromatic N) is 2. The maximum Gasteiger partial charge on any atom is 0.251 e. The highest BCUT2D eigenvalue weighted by Crippen LogP contribution is 2.10. The molecule has 0 radical (unpaired) electrons. The second kappa shape index (κ2) is 8.49. The number of hydrogen-bond donors (Lipinski definition) is 1. The van der Waals surface area contributed by atoms with Crippen LogP contribution in [0.5, 0.6) is 0 Å². The molecular weight excluding hydrogens is 326 g/mol. The first-order chi connectivity index (χ1) is 11.4. The highest BCUT2D eigenvalue weighted by atomic mass is 35.5. The van der Waals surface area contributed by atoms with E-state index < -0.39 is 6.04 Å². The van der Waals surface area contributed by atoms with Gasteiger partial charge in [0.25, 0.3) is 5.91 Å². The summed E-state index contributed by atoms with van der Waals surface area (Å²) < 4.78 is 0. The lowest BCUT2D eigenvalue weighted by atomic mass is 10.1. The van der Waals surface area contributed by atoms with Crippen molar-refractivity contribution in [1.29, 1.82) is 0 Å². The van der Waals surface area contributed by atoms with Crippen LogP contribution < -0.4 is 5.32 Å². The molecule has 0 bridgehead atoms. The molecule has 1 aromatic rings. The summed E-state index contributed by atoms with van der Waals surface area (Å²) in [5.41, 5.74) is 0.501. The van der Waals surface area contributed by atoms with E-state index in [9.17, 15) is 9.59 Å². The van der Waals surface area contributed by atoms with Gasteiger partial charge in [-0.2, -0.15) is 0 Å². The van der Waals surface area contributed by atoms with Gasteiger partial charge >= 0.3 is 0 Å². The van der Waals surface area contributed by atoms with Crippen LogP contribution in [0.15, 0.2) is 24.3 Å². The van der Waals surface area contributed by atoms with Crippen molar-refractivity contribution < 1.29 is 9.59 Å². The number of halogens is 1. The zero-order valence-corrected chi connectivity index (χ0v) is 15.3. The highest BCUT2D eigenvalue weighted by molar-refractivity contribution is 6.30. The van der Waals surface area contributed by atoms with Gasteiger partial charge in [-0.3, -0.25) is 14.5 Å². The summed E-state index contributed by atoms with van der Waals surface area (Å²) in [4.78, 5) is 28.9. The molecule has 2 rings (SSSR count). The second-order valence-corrected chi connectivity index (χ2v) is 7.16. The number of piperazine rings is 1. The second-order valence-electron chi connectivity index (χ2n) is 6.72. The van der Waals surface area contributed by atoms with Gasteiger partial charge in [-0.1, -0.05) is 25.4 Å². The number of benzene rings is 1. The van der Waals surface area contributed by atoms with Gasteiger partial charge in [0, 0.05) is 43.3 Å². The molecule has 1 N–H and O–H groups in total. The Morgan fingerprint density at radius 2 is 1.67 bits per heavy atom. The Hall–Kier alpha value is -1.59. The van der Waals surface area contributed by atoms with Crippen molar-refractivity contribution in [3.63, 3.8) is 0 Å². The van der Waals surface area contributed by atoms with Crippen molar-refractivity contribution >= 4 is 23.4 Å². The van der Waals surface area contributed by atoms with Crippen molar-refractivity contribution in [2.45, 2.75) is 26.8 Å². The van der Waals surface area contributed by atoms with E-state index in [-0.39, 0.29) is 11.8 Å². The monoisotopic (exact) mass is 351 g/mol. The van der Waals surface area contributed by atoms with Crippen LogP contribution in [0.4, 0.5) is 0 Å². The first-order valence-electron chi connectivity index (χ1n) is 8.44.